The lowest BCUT2D eigenvalue weighted by atomic mass is 9.98. The van der Waals surface area contributed by atoms with Gasteiger partial charge in [-0.05, 0) is 41.5 Å². The van der Waals surface area contributed by atoms with Gasteiger partial charge in [-0.1, -0.05) is 36.4 Å². The second kappa shape index (κ2) is 10.0. The van der Waals surface area contributed by atoms with E-state index in [9.17, 15) is 17.6 Å². The fraction of sp³-hybridized carbons (Fsp3) is 0.217. The molecule has 3 aromatic rings. The number of hydrogen-bond acceptors (Lipinski definition) is 3. The molecule has 0 saturated heterocycles. The predicted molar refractivity (Wildman–Crippen MR) is 110 cm³/mol. The summed E-state index contributed by atoms with van der Waals surface area (Å²) >= 11 is 5.33. The first-order valence-electron chi connectivity index (χ1n) is 9.27. The Morgan fingerprint density at radius 3 is 2.19 bits per heavy atom. The van der Waals surface area contributed by atoms with Gasteiger partial charge in [0.25, 0.3) is 0 Å². The zero-order chi connectivity index (χ0) is 22.4. The third-order valence-corrected chi connectivity index (χ3v) is 4.79. The molecule has 0 radical (unpaired) electrons. The van der Waals surface area contributed by atoms with E-state index in [1.165, 1.54) is 19.2 Å². The van der Waals surface area contributed by atoms with Crippen LogP contribution in [0.15, 0.2) is 66.7 Å². The molecule has 0 heterocycles. The van der Waals surface area contributed by atoms with Crippen LogP contribution >= 0.6 is 11.6 Å². The van der Waals surface area contributed by atoms with Crippen molar-refractivity contribution in [2.24, 2.45) is 0 Å². The molecule has 1 unspecified atom stereocenters. The number of hydrogen-bond donors (Lipinski definition) is 0. The maximum absolute atomic E-state index is 14.8. The molecule has 3 nitrogen and oxygen atoms in total. The van der Waals surface area contributed by atoms with Gasteiger partial charge in [0.2, 0.25) is 0 Å². The topological polar surface area (TPSA) is 27.7 Å². The van der Waals surface area contributed by atoms with Gasteiger partial charge in [0, 0.05) is 5.56 Å². The first-order chi connectivity index (χ1) is 14.8. The number of halogens is 5. The summed E-state index contributed by atoms with van der Waals surface area (Å²) in [5.41, 5.74) is 1.40. The molecule has 3 aromatic carbocycles. The number of methoxy groups -OCH3 is 1. The molecule has 0 bridgehead atoms. The summed E-state index contributed by atoms with van der Waals surface area (Å²) in [6.07, 6.45) is -4.58. The summed E-state index contributed by atoms with van der Waals surface area (Å²) in [5.74, 6) is 0.324. The third kappa shape index (κ3) is 5.89. The van der Waals surface area contributed by atoms with Crippen molar-refractivity contribution in [3.63, 3.8) is 0 Å². The summed E-state index contributed by atoms with van der Waals surface area (Å²) in [4.78, 5) is 0. The fourth-order valence-electron chi connectivity index (χ4n) is 2.87. The van der Waals surface area contributed by atoms with Gasteiger partial charge < -0.3 is 14.2 Å². The highest BCUT2D eigenvalue weighted by molar-refractivity contribution is 6.21. The van der Waals surface area contributed by atoms with Crippen molar-refractivity contribution >= 4 is 11.6 Å². The average Bonchev–Trinajstić information content (AvgIpc) is 2.76. The lowest BCUT2D eigenvalue weighted by Gasteiger charge is -2.18. The Morgan fingerprint density at radius 2 is 1.58 bits per heavy atom. The van der Waals surface area contributed by atoms with Gasteiger partial charge in [0.05, 0.1) is 20.3 Å². The van der Waals surface area contributed by atoms with E-state index in [1.54, 1.807) is 54.6 Å². The highest BCUT2D eigenvalue weighted by atomic mass is 35.5. The maximum atomic E-state index is 14.8. The number of benzene rings is 3. The molecule has 1 atom stereocenters. The number of para-hydroxylation sites is 1. The summed E-state index contributed by atoms with van der Waals surface area (Å²) in [6.45, 7) is -0.953. The largest absolute Gasteiger partial charge is 0.497 e. The Morgan fingerprint density at radius 1 is 0.903 bits per heavy atom. The monoisotopic (exact) mass is 454 g/mol. The van der Waals surface area contributed by atoms with Crippen molar-refractivity contribution in [1.82, 2.24) is 0 Å². The van der Waals surface area contributed by atoms with E-state index in [1.807, 2.05) is 0 Å². The maximum Gasteiger partial charge on any atom is 0.407 e. The fourth-order valence-corrected chi connectivity index (χ4v) is 2.95. The van der Waals surface area contributed by atoms with Crippen LogP contribution < -0.4 is 9.47 Å². The standard InChI is InChI=1S/C23H19ClF4O3/c1-29-17-10-7-15(8-11-17)21-16(13-30-14-20(24)23(26,27)28)9-12-19(25)22(21)31-18-5-3-2-4-6-18/h2-12,20H,13-14H2,1H3. The van der Waals surface area contributed by atoms with Gasteiger partial charge in [-0.25, -0.2) is 4.39 Å². The van der Waals surface area contributed by atoms with Crippen molar-refractivity contribution < 1.29 is 31.8 Å². The second-order valence-electron chi connectivity index (χ2n) is 6.58. The van der Waals surface area contributed by atoms with Gasteiger partial charge in [0.1, 0.15) is 11.5 Å². The Hall–Kier alpha value is -2.77. The van der Waals surface area contributed by atoms with E-state index in [0.717, 1.165) is 0 Å². The molecule has 0 amide bonds. The van der Waals surface area contributed by atoms with Crippen LogP contribution in [0.5, 0.6) is 17.2 Å². The van der Waals surface area contributed by atoms with Crippen LogP contribution in [0.25, 0.3) is 11.1 Å². The Balaban J connectivity index is 1.98. The summed E-state index contributed by atoms with van der Waals surface area (Å²) in [5, 5.41) is -2.14. The molecule has 0 N–H and O–H groups in total. The molecule has 0 aliphatic carbocycles. The lowest BCUT2D eigenvalue weighted by Crippen LogP contribution is -2.28. The van der Waals surface area contributed by atoms with Crippen LogP contribution in [-0.4, -0.2) is 25.3 Å². The molecule has 0 fully saturated rings. The smallest absolute Gasteiger partial charge is 0.407 e. The summed E-state index contributed by atoms with van der Waals surface area (Å²) < 4.78 is 68.9. The number of rotatable bonds is 8. The van der Waals surface area contributed by atoms with E-state index in [2.05, 4.69) is 0 Å². The van der Waals surface area contributed by atoms with E-state index in [-0.39, 0.29) is 12.4 Å². The van der Waals surface area contributed by atoms with Crippen molar-refractivity contribution in [1.29, 1.82) is 0 Å². The van der Waals surface area contributed by atoms with Crippen LogP contribution in [0.3, 0.4) is 0 Å². The Kier molecular flexibility index (Phi) is 7.41. The Labute approximate surface area is 182 Å². The zero-order valence-corrected chi connectivity index (χ0v) is 17.2. The van der Waals surface area contributed by atoms with Crippen molar-refractivity contribution in [3.05, 3.63) is 78.1 Å². The molecule has 3 rings (SSSR count). The van der Waals surface area contributed by atoms with Crippen LogP contribution in [0, 0.1) is 5.82 Å². The number of alkyl halides is 4. The molecule has 0 spiro atoms. The van der Waals surface area contributed by atoms with Crippen molar-refractivity contribution in [2.75, 3.05) is 13.7 Å². The van der Waals surface area contributed by atoms with Gasteiger partial charge in [-0.3, -0.25) is 0 Å². The minimum Gasteiger partial charge on any atom is -0.497 e. The highest BCUT2D eigenvalue weighted by Gasteiger charge is 2.38. The van der Waals surface area contributed by atoms with Gasteiger partial charge in [-0.15, -0.1) is 11.6 Å². The summed E-state index contributed by atoms with van der Waals surface area (Å²) in [6, 6.07) is 18.0. The first-order valence-corrected chi connectivity index (χ1v) is 9.70. The van der Waals surface area contributed by atoms with E-state index in [0.29, 0.717) is 28.2 Å². The van der Waals surface area contributed by atoms with Crippen molar-refractivity contribution in [3.8, 4) is 28.4 Å². The SMILES string of the molecule is COc1ccc(-c2c(COCC(Cl)C(F)(F)F)ccc(F)c2Oc2ccccc2)cc1. The van der Waals surface area contributed by atoms with Crippen molar-refractivity contribution in [2.45, 2.75) is 18.2 Å². The Bertz CT molecular complexity index is 992. The normalized spacial score (nSPS) is 12.5. The summed E-state index contributed by atoms with van der Waals surface area (Å²) in [7, 11) is 1.52. The van der Waals surface area contributed by atoms with E-state index >= 15 is 0 Å². The van der Waals surface area contributed by atoms with E-state index in [4.69, 9.17) is 25.8 Å². The van der Waals surface area contributed by atoms with E-state index < -0.39 is 24.0 Å². The lowest BCUT2D eigenvalue weighted by molar-refractivity contribution is -0.141. The van der Waals surface area contributed by atoms with Gasteiger partial charge >= 0.3 is 6.18 Å². The third-order valence-electron chi connectivity index (χ3n) is 4.41. The molecule has 8 heteroatoms. The van der Waals surface area contributed by atoms with Crippen LogP contribution in [0.1, 0.15) is 5.56 Å². The molecule has 0 saturated carbocycles. The molecular formula is C23H19ClF4O3. The van der Waals surface area contributed by atoms with Gasteiger partial charge in [-0.2, -0.15) is 13.2 Å². The van der Waals surface area contributed by atoms with Crippen LogP contribution in [0.4, 0.5) is 17.6 Å². The minimum absolute atomic E-state index is 0.0595. The highest BCUT2D eigenvalue weighted by Crippen LogP contribution is 2.39. The van der Waals surface area contributed by atoms with Gasteiger partial charge in [0.15, 0.2) is 16.9 Å². The molecule has 31 heavy (non-hydrogen) atoms. The van der Waals surface area contributed by atoms with Crippen LogP contribution in [0.2, 0.25) is 0 Å². The zero-order valence-electron chi connectivity index (χ0n) is 16.5. The molecule has 0 aliphatic rings. The molecule has 164 valence electrons. The minimum atomic E-state index is -4.58. The molecule has 0 aromatic heterocycles. The first kappa shape index (κ1) is 22.9. The number of ether oxygens (including phenoxy) is 3. The van der Waals surface area contributed by atoms with Crippen LogP contribution in [-0.2, 0) is 11.3 Å². The molecule has 0 aliphatic heterocycles. The quantitative estimate of drug-likeness (QED) is 0.271. The average molecular weight is 455 g/mol. The molecular weight excluding hydrogens is 436 g/mol. The second-order valence-corrected chi connectivity index (χ2v) is 7.11. The predicted octanol–water partition coefficient (Wildman–Crippen LogP) is 6.98.